The molecule has 1 aliphatic heterocycles. The van der Waals surface area contributed by atoms with Gasteiger partial charge < -0.3 is 10.2 Å². The molecule has 2 aliphatic carbocycles. The number of piperidine rings is 1. The van der Waals surface area contributed by atoms with Gasteiger partial charge in [0.25, 0.3) is 0 Å². The van der Waals surface area contributed by atoms with Gasteiger partial charge in [-0.05, 0) is 80.0 Å². The predicted molar refractivity (Wildman–Crippen MR) is 136 cm³/mol. The third-order valence-corrected chi connectivity index (χ3v) is 8.31. The maximum Gasteiger partial charge on any atom is 0.222 e. The minimum atomic E-state index is -0.123. The van der Waals surface area contributed by atoms with E-state index in [1.54, 1.807) is 0 Å². The Morgan fingerprint density at radius 3 is 2.56 bits per heavy atom. The van der Waals surface area contributed by atoms with Gasteiger partial charge in [0.15, 0.2) is 0 Å². The Morgan fingerprint density at radius 2 is 1.68 bits per heavy atom. The Hall–Kier alpha value is -2.62. The Morgan fingerprint density at radius 1 is 0.912 bits per heavy atom. The van der Waals surface area contributed by atoms with E-state index in [9.17, 15) is 9.59 Å². The second kappa shape index (κ2) is 10.3. The number of hydrogen-bond donors (Lipinski definition) is 1. The van der Waals surface area contributed by atoms with Crippen LogP contribution in [0.25, 0.3) is 0 Å². The number of nitrogens with zero attached hydrogens (tertiary/aromatic N) is 1. The van der Waals surface area contributed by atoms with E-state index in [2.05, 4.69) is 59.6 Å². The summed E-state index contributed by atoms with van der Waals surface area (Å²) in [5, 5.41) is 3.33. The van der Waals surface area contributed by atoms with Crippen LogP contribution in [0.3, 0.4) is 0 Å². The van der Waals surface area contributed by atoms with Crippen LogP contribution >= 0.6 is 0 Å². The van der Waals surface area contributed by atoms with Crippen molar-refractivity contribution < 1.29 is 9.59 Å². The molecule has 180 valence electrons. The molecule has 1 saturated carbocycles. The summed E-state index contributed by atoms with van der Waals surface area (Å²) in [4.78, 5) is 28.3. The first-order chi connectivity index (χ1) is 16.6. The van der Waals surface area contributed by atoms with Crippen molar-refractivity contribution in [3.05, 3.63) is 70.3 Å². The average molecular weight is 459 g/mol. The maximum atomic E-state index is 13.1. The molecule has 34 heavy (non-hydrogen) atoms. The number of likely N-dealkylation sites (tertiary alicyclic amines) is 1. The van der Waals surface area contributed by atoms with E-state index in [1.165, 1.54) is 53.5 Å². The highest BCUT2D eigenvalue weighted by molar-refractivity contribution is 5.80. The van der Waals surface area contributed by atoms with Gasteiger partial charge in [0.2, 0.25) is 11.8 Å². The van der Waals surface area contributed by atoms with Crippen LogP contribution in [0.15, 0.2) is 42.5 Å². The fraction of sp³-hybridized carbons (Fsp3) is 0.533. The summed E-state index contributed by atoms with van der Waals surface area (Å²) in [7, 11) is 0. The molecular formula is C30H38N2O2. The van der Waals surface area contributed by atoms with Gasteiger partial charge in [-0.3, -0.25) is 9.59 Å². The molecule has 2 aromatic rings. The summed E-state index contributed by atoms with van der Waals surface area (Å²) in [6, 6.07) is 15.4. The number of benzene rings is 2. The van der Waals surface area contributed by atoms with Gasteiger partial charge in [0, 0.05) is 25.4 Å². The van der Waals surface area contributed by atoms with Crippen molar-refractivity contribution in [2.45, 2.75) is 89.6 Å². The molecular weight excluding hydrogens is 420 g/mol. The van der Waals surface area contributed by atoms with Crippen molar-refractivity contribution in [2.75, 3.05) is 6.54 Å². The highest BCUT2D eigenvalue weighted by atomic mass is 16.2. The summed E-state index contributed by atoms with van der Waals surface area (Å²) in [5.41, 5.74) is 6.25. The molecule has 1 N–H and O–H groups in total. The first-order valence-corrected chi connectivity index (χ1v) is 13.4. The molecule has 0 radical (unpaired) electrons. The number of fused-ring (bicyclic) bond motifs is 3. The van der Waals surface area contributed by atoms with Crippen molar-refractivity contribution in [3.8, 4) is 0 Å². The normalized spacial score (nSPS) is 23.8. The second-order valence-corrected chi connectivity index (χ2v) is 10.6. The van der Waals surface area contributed by atoms with Gasteiger partial charge in [0.1, 0.15) is 0 Å². The number of amides is 2. The average Bonchev–Trinajstić information content (AvgIpc) is 3.00. The van der Waals surface area contributed by atoms with Crippen LogP contribution in [0.2, 0.25) is 0 Å². The SMILES string of the molecule is Cc1ccc2c(c1)C(NC(=O)CCCC(=O)N1CCCC3CCCCC31)c1ccccc1CC2. The second-order valence-electron chi connectivity index (χ2n) is 10.6. The number of carbonyl (C=O) groups is 2. The van der Waals surface area contributed by atoms with Crippen molar-refractivity contribution >= 4 is 11.8 Å². The minimum absolute atomic E-state index is 0.0381. The molecule has 1 heterocycles. The van der Waals surface area contributed by atoms with Gasteiger partial charge >= 0.3 is 0 Å². The number of rotatable bonds is 5. The molecule has 3 unspecified atom stereocenters. The Labute approximate surface area is 204 Å². The topological polar surface area (TPSA) is 49.4 Å². The summed E-state index contributed by atoms with van der Waals surface area (Å²) in [6.07, 6.45) is 10.9. The summed E-state index contributed by atoms with van der Waals surface area (Å²) in [6.45, 7) is 3.01. The van der Waals surface area contributed by atoms with Crippen LogP contribution in [-0.2, 0) is 22.4 Å². The Bertz CT molecular complexity index is 1040. The van der Waals surface area contributed by atoms with E-state index in [-0.39, 0.29) is 17.9 Å². The summed E-state index contributed by atoms with van der Waals surface area (Å²) < 4.78 is 0. The zero-order valence-corrected chi connectivity index (χ0v) is 20.5. The van der Waals surface area contributed by atoms with Crippen molar-refractivity contribution in [2.24, 2.45) is 5.92 Å². The first-order valence-electron chi connectivity index (χ1n) is 13.4. The molecule has 1 saturated heterocycles. The van der Waals surface area contributed by atoms with E-state index in [1.807, 2.05) is 0 Å². The van der Waals surface area contributed by atoms with Crippen molar-refractivity contribution in [1.29, 1.82) is 0 Å². The molecule has 3 aliphatic rings. The monoisotopic (exact) mass is 458 g/mol. The van der Waals surface area contributed by atoms with E-state index in [0.717, 1.165) is 32.2 Å². The maximum absolute atomic E-state index is 13.1. The van der Waals surface area contributed by atoms with Crippen LogP contribution in [-0.4, -0.2) is 29.3 Å². The van der Waals surface area contributed by atoms with Crippen LogP contribution in [0.5, 0.6) is 0 Å². The van der Waals surface area contributed by atoms with Gasteiger partial charge in [-0.2, -0.15) is 0 Å². The van der Waals surface area contributed by atoms with Crippen LogP contribution < -0.4 is 5.32 Å². The van der Waals surface area contributed by atoms with E-state index in [4.69, 9.17) is 0 Å². The molecule has 4 nitrogen and oxygen atoms in total. The van der Waals surface area contributed by atoms with Crippen LogP contribution in [0.4, 0.5) is 0 Å². The summed E-state index contributed by atoms with van der Waals surface area (Å²) >= 11 is 0. The largest absolute Gasteiger partial charge is 0.345 e. The zero-order chi connectivity index (χ0) is 23.5. The molecule has 2 amide bonds. The first kappa shape index (κ1) is 23.1. The lowest BCUT2D eigenvalue weighted by Crippen LogP contribution is -2.49. The van der Waals surface area contributed by atoms with Crippen molar-refractivity contribution in [3.63, 3.8) is 0 Å². The Kier molecular flexibility index (Phi) is 7.03. The predicted octanol–water partition coefficient (Wildman–Crippen LogP) is 5.65. The standard InChI is InChI=1S/C30H38N2O2/c1-21-15-16-23-18-17-22-8-2-4-11-25(22)30(26(23)20-21)31-28(33)13-6-14-29(34)32-19-7-10-24-9-3-5-12-27(24)32/h2,4,8,11,15-16,20,24,27,30H,3,5-7,9-10,12-14,17-19H2,1H3,(H,31,33). The fourth-order valence-corrected chi connectivity index (χ4v) is 6.56. The lowest BCUT2D eigenvalue weighted by atomic mass is 9.78. The lowest BCUT2D eigenvalue weighted by Gasteiger charge is -2.44. The number of aryl methyl sites for hydroxylation is 3. The fourth-order valence-electron chi connectivity index (χ4n) is 6.56. The zero-order valence-electron chi connectivity index (χ0n) is 20.5. The minimum Gasteiger partial charge on any atom is -0.345 e. The lowest BCUT2D eigenvalue weighted by molar-refractivity contribution is -0.137. The highest BCUT2D eigenvalue weighted by Gasteiger charge is 2.35. The highest BCUT2D eigenvalue weighted by Crippen LogP contribution is 2.36. The molecule has 5 rings (SSSR count). The number of hydrogen-bond acceptors (Lipinski definition) is 2. The van der Waals surface area contributed by atoms with E-state index < -0.39 is 0 Å². The van der Waals surface area contributed by atoms with Gasteiger partial charge in [-0.15, -0.1) is 0 Å². The third kappa shape index (κ3) is 4.92. The van der Waals surface area contributed by atoms with E-state index >= 15 is 0 Å². The molecule has 0 bridgehead atoms. The van der Waals surface area contributed by atoms with Crippen LogP contribution in [0, 0.1) is 12.8 Å². The Balaban J connectivity index is 1.23. The molecule has 2 aromatic carbocycles. The van der Waals surface area contributed by atoms with Crippen LogP contribution in [0.1, 0.15) is 91.6 Å². The molecule has 0 spiro atoms. The molecule has 4 heteroatoms. The van der Waals surface area contributed by atoms with Gasteiger partial charge in [-0.1, -0.05) is 60.9 Å². The van der Waals surface area contributed by atoms with E-state index in [0.29, 0.717) is 31.2 Å². The molecule has 2 fully saturated rings. The molecule has 0 aromatic heterocycles. The quantitative estimate of drug-likeness (QED) is 0.629. The molecule has 3 atom stereocenters. The van der Waals surface area contributed by atoms with Crippen molar-refractivity contribution in [1.82, 2.24) is 10.2 Å². The number of nitrogens with one attached hydrogen (secondary N) is 1. The summed E-state index contributed by atoms with van der Waals surface area (Å²) in [5.74, 6) is 0.995. The number of carbonyl (C=O) groups excluding carboxylic acids is 2. The van der Waals surface area contributed by atoms with Gasteiger partial charge in [-0.25, -0.2) is 0 Å². The third-order valence-electron chi connectivity index (χ3n) is 8.31. The smallest absolute Gasteiger partial charge is 0.222 e. The van der Waals surface area contributed by atoms with Gasteiger partial charge in [0.05, 0.1) is 6.04 Å².